The number of rotatable bonds is 2. The maximum Gasteiger partial charge on any atom is 0.573 e. The van der Waals surface area contributed by atoms with Crippen LogP contribution in [0.1, 0.15) is 5.56 Å². The molecule has 0 aliphatic carbocycles. The molecule has 0 atom stereocenters. The van der Waals surface area contributed by atoms with Crippen LogP contribution < -0.4 is 4.74 Å². The van der Waals surface area contributed by atoms with Gasteiger partial charge < -0.3 is 9.84 Å². The number of para-hydroxylation sites is 1. The van der Waals surface area contributed by atoms with Crippen LogP contribution in [0.15, 0.2) is 42.5 Å². The van der Waals surface area contributed by atoms with Gasteiger partial charge in [0, 0.05) is 5.56 Å². The van der Waals surface area contributed by atoms with Gasteiger partial charge in [-0.15, -0.1) is 13.2 Å². The van der Waals surface area contributed by atoms with E-state index in [1.54, 1.807) is 12.1 Å². The smallest absolute Gasteiger partial charge is 0.507 e. The summed E-state index contributed by atoms with van der Waals surface area (Å²) in [4.78, 5) is 0. The summed E-state index contributed by atoms with van der Waals surface area (Å²) in [6.07, 6.45) is -4.80. The molecule has 0 aromatic heterocycles. The lowest BCUT2D eigenvalue weighted by Gasteiger charge is -2.13. The molecule has 0 aliphatic heterocycles. The minimum absolute atomic E-state index is 0.0238. The highest BCUT2D eigenvalue weighted by Crippen LogP contribution is 2.35. The number of aromatic hydroxyl groups is 1. The molecule has 102 valence electrons. The number of phenolic OH excluding ortho intramolecular Hbond substituents is 1. The van der Waals surface area contributed by atoms with Crippen LogP contribution in [0.3, 0.4) is 0 Å². The van der Waals surface area contributed by atoms with Crippen molar-refractivity contribution in [3.8, 4) is 28.7 Å². The predicted molar refractivity (Wildman–Crippen MR) is 64.9 cm³/mol. The number of hydrogen-bond acceptors (Lipinski definition) is 3. The van der Waals surface area contributed by atoms with E-state index in [2.05, 4.69) is 4.74 Å². The average Bonchev–Trinajstić information content (AvgIpc) is 2.38. The summed E-state index contributed by atoms with van der Waals surface area (Å²) in [6, 6.07) is 11.3. The van der Waals surface area contributed by atoms with E-state index in [9.17, 15) is 18.3 Å². The van der Waals surface area contributed by atoms with Crippen LogP contribution in [-0.4, -0.2) is 11.5 Å². The first-order valence-corrected chi connectivity index (χ1v) is 5.49. The number of benzene rings is 2. The van der Waals surface area contributed by atoms with Crippen molar-refractivity contribution < 1.29 is 23.0 Å². The van der Waals surface area contributed by atoms with Gasteiger partial charge in [0.05, 0.1) is 5.56 Å². The van der Waals surface area contributed by atoms with Gasteiger partial charge in [-0.25, -0.2) is 0 Å². The Balaban J connectivity index is 2.51. The molecule has 0 saturated heterocycles. The maximum atomic E-state index is 12.3. The summed E-state index contributed by atoms with van der Waals surface area (Å²) >= 11 is 0. The fraction of sp³-hybridized carbons (Fsp3) is 0.0714. The number of nitriles is 1. The first-order chi connectivity index (χ1) is 9.40. The van der Waals surface area contributed by atoms with Crippen LogP contribution in [-0.2, 0) is 0 Å². The Morgan fingerprint density at radius 2 is 1.80 bits per heavy atom. The molecule has 0 saturated carbocycles. The quantitative estimate of drug-likeness (QED) is 0.908. The Labute approximate surface area is 112 Å². The number of nitrogens with zero attached hydrogens (tertiary/aromatic N) is 1. The summed E-state index contributed by atoms with van der Waals surface area (Å²) in [7, 11) is 0. The summed E-state index contributed by atoms with van der Waals surface area (Å²) in [6.45, 7) is 0. The van der Waals surface area contributed by atoms with Crippen molar-refractivity contribution in [2.45, 2.75) is 6.36 Å². The monoisotopic (exact) mass is 279 g/mol. The topological polar surface area (TPSA) is 53.2 Å². The van der Waals surface area contributed by atoms with E-state index in [0.717, 1.165) is 0 Å². The van der Waals surface area contributed by atoms with Crippen LogP contribution in [0, 0.1) is 11.3 Å². The van der Waals surface area contributed by atoms with E-state index < -0.39 is 6.36 Å². The second-order valence-corrected chi connectivity index (χ2v) is 3.89. The van der Waals surface area contributed by atoms with Gasteiger partial charge in [-0.3, -0.25) is 0 Å². The zero-order chi connectivity index (χ0) is 14.8. The summed E-state index contributed by atoms with van der Waals surface area (Å²) in [5.41, 5.74) is 0.504. The molecule has 6 heteroatoms. The van der Waals surface area contributed by atoms with E-state index in [-0.39, 0.29) is 22.6 Å². The number of hydrogen-bond donors (Lipinski definition) is 1. The molecule has 0 unspecified atom stereocenters. The largest absolute Gasteiger partial charge is 0.573 e. The second kappa shape index (κ2) is 5.13. The van der Waals surface area contributed by atoms with Crippen molar-refractivity contribution in [3.05, 3.63) is 48.0 Å². The van der Waals surface area contributed by atoms with Gasteiger partial charge in [0.2, 0.25) is 0 Å². The summed E-state index contributed by atoms with van der Waals surface area (Å²) in [5.74, 6) is -0.597. The molecule has 0 amide bonds. The third-order valence-corrected chi connectivity index (χ3v) is 2.54. The third kappa shape index (κ3) is 3.01. The Morgan fingerprint density at radius 1 is 1.10 bits per heavy atom. The normalized spacial score (nSPS) is 10.9. The molecule has 2 aromatic carbocycles. The number of phenols is 1. The zero-order valence-electron chi connectivity index (χ0n) is 9.98. The molecule has 0 heterocycles. The molecule has 2 aromatic rings. The molecule has 3 nitrogen and oxygen atoms in total. The summed E-state index contributed by atoms with van der Waals surface area (Å²) < 4.78 is 40.9. The van der Waals surface area contributed by atoms with Gasteiger partial charge in [0.25, 0.3) is 0 Å². The number of halogens is 3. The Kier molecular flexibility index (Phi) is 3.53. The lowest BCUT2D eigenvalue weighted by atomic mass is 10.0. The van der Waals surface area contributed by atoms with Crippen molar-refractivity contribution in [3.63, 3.8) is 0 Å². The van der Waals surface area contributed by atoms with Gasteiger partial charge in [-0.05, 0) is 23.8 Å². The van der Waals surface area contributed by atoms with Gasteiger partial charge >= 0.3 is 6.36 Å². The minimum Gasteiger partial charge on any atom is -0.507 e. The first kappa shape index (κ1) is 13.7. The van der Waals surface area contributed by atoms with Crippen LogP contribution in [0.25, 0.3) is 11.1 Å². The van der Waals surface area contributed by atoms with Crippen LogP contribution >= 0.6 is 0 Å². The third-order valence-electron chi connectivity index (χ3n) is 2.54. The van der Waals surface area contributed by atoms with Crippen LogP contribution in [0.4, 0.5) is 13.2 Å². The Bertz CT molecular complexity index is 675. The molecule has 20 heavy (non-hydrogen) atoms. The number of alkyl halides is 3. The lowest BCUT2D eigenvalue weighted by Crippen LogP contribution is -2.17. The van der Waals surface area contributed by atoms with Crippen molar-refractivity contribution in [1.82, 2.24) is 0 Å². The molecular formula is C14H8F3NO2. The van der Waals surface area contributed by atoms with Crippen LogP contribution in [0.5, 0.6) is 11.5 Å². The number of ether oxygens (including phenoxy) is 1. The molecule has 0 fully saturated rings. The molecule has 2 rings (SSSR count). The van der Waals surface area contributed by atoms with E-state index in [4.69, 9.17) is 5.26 Å². The van der Waals surface area contributed by atoms with E-state index in [1.807, 2.05) is 0 Å². The van der Waals surface area contributed by atoms with Gasteiger partial charge in [-0.1, -0.05) is 24.3 Å². The summed E-state index contributed by atoms with van der Waals surface area (Å²) in [5, 5.41) is 18.2. The van der Waals surface area contributed by atoms with Crippen molar-refractivity contribution in [2.24, 2.45) is 0 Å². The van der Waals surface area contributed by atoms with E-state index in [1.165, 1.54) is 36.4 Å². The van der Waals surface area contributed by atoms with Crippen LogP contribution in [0.2, 0.25) is 0 Å². The minimum atomic E-state index is -4.80. The van der Waals surface area contributed by atoms with E-state index >= 15 is 0 Å². The first-order valence-electron chi connectivity index (χ1n) is 5.49. The average molecular weight is 279 g/mol. The van der Waals surface area contributed by atoms with Crippen molar-refractivity contribution in [2.75, 3.05) is 0 Å². The van der Waals surface area contributed by atoms with Gasteiger partial charge in [0.1, 0.15) is 17.6 Å². The molecule has 0 radical (unpaired) electrons. The highest BCUT2D eigenvalue weighted by molar-refractivity contribution is 5.72. The molecule has 0 spiro atoms. The fourth-order valence-corrected chi connectivity index (χ4v) is 1.71. The maximum absolute atomic E-state index is 12.3. The lowest BCUT2D eigenvalue weighted by molar-refractivity contribution is -0.274. The highest BCUT2D eigenvalue weighted by Gasteiger charge is 2.32. The van der Waals surface area contributed by atoms with Crippen molar-refractivity contribution in [1.29, 1.82) is 5.26 Å². The highest BCUT2D eigenvalue weighted by atomic mass is 19.4. The molecular weight excluding hydrogens is 271 g/mol. The Morgan fingerprint density at radius 3 is 2.45 bits per heavy atom. The van der Waals surface area contributed by atoms with Gasteiger partial charge in [-0.2, -0.15) is 5.26 Å². The van der Waals surface area contributed by atoms with Gasteiger partial charge in [0.15, 0.2) is 0 Å². The predicted octanol–water partition coefficient (Wildman–Crippen LogP) is 3.83. The van der Waals surface area contributed by atoms with Crippen molar-refractivity contribution >= 4 is 0 Å². The standard InChI is InChI=1S/C14H8F3NO2/c15-14(16,17)20-13-4-2-1-3-11(13)9-5-6-12(19)10(7-9)8-18/h1-7,19H. The second-order valence-electron chi connectivity index (χ2n) is 3.89. The SMILES string of the molecule is N#Cc1cc(-c2ccccc2OC(F)(F)F)ccc1O. The van der Waals surface area contributed by atoms with E-state index in [0.29, 0.717) is 5.56 Å². The molecule has 0 bridgehead atoms. The molecule has 0 aliphatic rings. The molecule has 1 N–H and O–H groups in total. The Hall–Kier alpha value is -2.68. The zero-order valence-corrected chi connectivity index (χ0v) is 9.98. The fourth-order valence-electron chi connectivity index (χ4n) is 1.71.